The largest absolute Gasteiger partial charge is 0.468 e. The van der Waals surface area contributed by atoms with Crippen molar-refractivity contribution in [2.24, 2.45) is 5.73 Å². The van der Waals surface area contributed by atoms with Crippen LogP contribution in [0.4, 0.5) is 4.39 Å². The van der Waals surface area contributed by atoms with E-state index in [1.54, 1.807) is 24.3 Å². The fraction of sp³-hybridized carbons (Fsp3) is 0.214. The molecule has 2 N–H and O–H groups in total. The first kappa shape index (κ1) is 13.3. The number of rotatable bonds is 4. The van der Waals surface area contributed by atoms with E-state index in [1.165, 1.54) is 19.2 Å². The summed E-state index contributed by atoms with van der Waals surface area (Å²) >= 11 is 0. The maximum atomic E-state index is 12.8. The normalized spacial score (nSPS) is 12.2. The number of ether oxygens (including phenoxy) is 1. The van der Waals surface area contributed by atoms with Crippen molar-refractivity contribution < 1.29 is 18.3 Å². The van der Waals surface area contributed by atoms with Crippen molar-refractivity contribution in [1.82, 2.24) is 0 Å². The second-order valence-corrected chi connectivity index (χ2v) is 4.11. The lowest BCUT2D eigenvalue weighted by Gasteiger charge is -2.06. The van der Waals surface area contributed by atoms with Gasteiger partial charge in [0.2, 0.25) is 0 Å². The maximum absolute atomic E-state index is 12.8. The van der Waals surface area contributed by atoms with Gasteiger partial charge in [0, 0.05) is 12.0 Å². The van der Waals surface area contributed by atoms with E-state index in [9.17, 15) is 9.18 Å². The summed E-state index contributed by atoms with van der Waals surface area (Å²) in [5.41, 5.74) is 6.41. The first-order valence-electron chi connectivity index (χ1n) is 5.78. The molecule has 0 spiro atoms. The summed E-state index contributed by atoms with van der Waals surface area (Å²) in [4.78, 5) is 11.2. The molecule has 100 valence electrons. The molecule has 1 atom stereocenters. The van der Waals surface area contributed by atoms with Crippen molar-refractivity contribution in [1.29, 1.82) is 0 Å². The lowest BCUT2D eigenvalue weighted by atomic mass is 10.1. The van der Waals surface area contributed by atoms with E-state index in [4.69, 9.17) is 10.2 Å². The van der Waals surface area contributed by atoms with Crippen LogP contribution in [0, 0.1) is 5.82 Å². The van der Waals surface area contributed by atoms with Gasteiger partial charge in [0.1, 0.15) is 23.4 Å². The third kappa shape index (κ3) is 3.20. The molecule has 2 rings (SSSR count). The highest BCUT2D eigenvalue weighted by atomic mass is 19.1. The average molecular weight is 263 g/mol. The van der Waals surface area contributed by atoms with Gasteiger partial charge < -0.3 is 14.9 Å². The van der Waals surface area contributed by atoms with Crippen molar-refractivity contribution >= 4 is 5.97 Å². The van der Waals surface area contributed by atoms with Crippen molar-refractivity contribution in [2.45, 2.75) is 12.5 Å². The Morgan fingerprint density at radius 1 is 1.32 bits per heavy atom. The van der Waals surface area contributed by atoms with Crippen LogP contribution in [0.1, 0.15) is 5.76 Å². The zero-order chi connectivity index (χ0) is 13.8. The number of hydrogen-bond donors (Lipinski definition) is 1. The Bertz CT molecular complexity index is 562. The van der Waals surface area contributed by atoms with Gasteiger partial charge in [-0.15, -0.1) is 0 Å². The van der Waals surface area contributed by atoms with Crippen LogP contribution in [-0.2, 0) is 16.0 Å². The average Bonchev–Trinajstić information content (AvgIpc) is 2.87. The van der Waals surface area contributed by atoms with E-state index < -0.39 is 12.0 Å². The minimum Gasteiger partial charge on any atom is -0.468 e. The fourth-order valence-electron chi connectivity index (χ4n) is 1.71. The summed E-state index contributed by atoms with van der Waals surface area (Å²) in [6.45, 7) is 0. The maximum Gasteiger partial charge on any atom is 0.323 e. The van der Waals surface area contributed by atoms with Crippen LogP contribution < -0.4 is 5.73 Å². The lowest BCUT2D eigenvalue weighted by molar-refractivity contribution is -0.142. The summed E-state index contributed by atoms with van der Waals surface area (Å²) in [6.07, 6.45) is 0.258. The van der Waals surface area contributed by atoms with Gasteiger partial charge in [-0.25, -0.2) is 4.39 Å². The third-order valence-electron chi connectivity index (χ3n) is 2.72. The number of nitrogens with two attached hydrogens (primary N) is 1. The number of carbonyl (C=O) groups is 1. The van der Waals surface area contributed by atoms with Crippen LogP contribution >= 0.6 is 0 Å². The number of benzene rings is 1. The molecule has 0 fully saturated rings. The van der Waals surface area contributed by atoms with Crippen molar-refractivity contribution in [3.8, 4) is 11.3 Å². The summed E-state index contributed by atoms with van der Waals surface area (Å²) in [5.74, 6) is 0.396. The Kier molecular flexibility index (Phi) is 3.97. The molecular weight excluding hydrogens is 249 g/mol. The van der Waals surface area contributed by atoms with E-state index in [1.807, 2.05) is 0 Å². The zero-order valence-corrected chi connectivity index (χ0v) is 10.4. The van der Waals surface area contributed by atoms with Gasteiger partial charge in [-0.05, 0) is 36.4 Å². The molecule has 1 heterocycles. The Labute approximate surface area is 110 Å². The molecule has 0 bridgehead atoms. The summed E-state index contributed by atoms with van der Waals surface area (Å²) in [6, 6.07) is 8.71. The van der Waals surface area contributed by atoms with E-state index in [0.717, 1.165) is 5.56 Å². The molecule has 0 aliphatic heterocycles. The molecule has 1 aromatic carbocycles. The molecule has 4 nitrogen and oxygen atoms in total. The standard InChI is InChI=1S/C14H14FNO3/c1-18-14(17)12(16)8-11-6-7-13(19-11)9-2-4-10(15)5-3-9/h2-7,12H,8,16H2,1H3. The number of furan rings is 1. The predicted molar refractivity (Wildman–Crippen MR) is 67.8 cm³/mol. The topological polar surface area (TPSA) is 65.5 Å². The first-order chi connectivity index (χ1) is 9.10. The Morgan fingerprint density at radius 2 is 2.00 bits per heavy atom. The second-order valence-electron chi connectivity index (χ2n) is 4.11. The molecule has 1 unspecified atom stereocenters. The molecule has 5 heteroatoms. The van der Waals surface area contributed by atoms with Crippen LogP contribution in [0.3, 0.4) is 0 Å². The van der Waals surface area contributed by atoms with Crippen molar-refractivity contribution in [3.63, 3.8) is 0 Å². The van der Waals surface area contributed by atoms with Gasteiger partial charge in [-0.1, -0.05) is 0 Å². The van der Waals surface area contributed by atoms with Gasteiger partial charge >= 0.3 is 5.97 Å². The Hall–Kier alpha value is -2.14. The predicted octanol–water partition coefficient (Wildman–Crippen LogP) is 2.13. The van der Waals surface area contributed by atoms with Gasteiger partial charge in [0.05, 0.1) is 7.11 Å². The second kappa shape index (κ2) is 5.67. The quantitative estimate of drug-likeness (QED) is 0.858. The molecule has 0 saturated heterocycles. The molecule has 19 heavy (non-hydrogen) atoms. The minimum atomic E-state index is -0.753. The number of hydrogen-bond acceptors (Lipinski definition) is 4. The van der Waals surface area contributed by atoms with Crippen LogP contribution in [0.5, 0.6) is 0 Å². The summed E-state index contributed by atoms with van der Waals surface area (Å²) < 4.78 is 22.9. The number of esters is 1. The van der Waals surface area contributed by atoms with Gasteiger partial charge in [0.15, 0.2) is 0 Å². The first-order valence-corrected chi connectivity index (χ1v) is 5.78. The summed E-state index contributed by atoms with van der Waals surface area (Å²) in [5, 5.41) is 0. The highest BCUT2D eigenvalue weighted by Gasteiger charge is 2.16. The summed E-state index contributed by atoms with van der Waals surface area (Å²) in [7, 11) is 1.29. The van der Waals surface area contributed by atoms with Crippen molar-refractivity contribution in [3.05, 3.63) is 48.0 Å². The molecule has 2 aromatic rings. The smallest absolute Gasteiger partial charge is 0.323 e. The van der Waals surface area contributed by atoms with E-state index in [-0.39, 0.29) is 12.2 Å². The Balaban J connectivity index is 2.11. The van der Waals surface area contributed by atoms with Crippen LogP contribution in [0.2, 0.25) is 0 Å². The highest BCUT2D eigenvalue weighted by molar-refractivity contribution is 5.75. The fourth-order valence-corrected chi connectivity index (χ4v) is 1.71. The molecule has 0 aliphatic rings. The van der Waals surface area contributed by atoms with Gasteiger partial charge in [-0.3, -0.25) is 4.79 Å². The van der Waals surface area contributed by atoms with Gasteiger partial charge in [-0.2, -0.15) is 0 Å². The molecule has 0 radical (unpaired) electrons. The lowest BCUT2D eigenvalue weighted by Crippen LogP contribution is -2.33. The molecule has 0 aliphatic carbocycles. The van der Waals surface area contributed by atoms with E-state index in [2.05, 4.69) is 4.74 Å². The number of carbonyl (C=O) groups excluding carboxylic acids is 1. The van der Waals surface area contributed by atoms with Crippen LogP contribution in [0.15, 0.2) is 40.8 Å². The highest BCUT2D eigenvalue weighted by Crippen LogP contribution is 2.22. The molecule has 0 amide bonds. The molecule has 0 saturated carbocycles. The van der Waals surface area contributed by atoms with Crippen molar-refractivity contribution in [2.75, 3.05) is 7.11 Å². The van der Waals surface area contributed by atoms with Crippen LogP contribution in [-0.4, -0.2) is 19.1 Å². The van der Waals surface area contributed by atoms with E-state index in [0.29, 0.717) is 11.5 Å². The van der Waals surface area contributed by atoms with Crippen LogP contribution in [0.25, 0.3) is 11.3 Å². The molecule has 1 aromatic heterocycles. The SMILES string of the molecule is COC(=O)C(N)Cc1ccc(-c2ccc(F)cc2)o1. The van der Waals surface area contributed by atoms with Gasteiger partial charge in [0.25, 0.3) is 0 Å². The monoisotopic (exact) mass is 263 g/mol. The number of methoxy groups -OCH3 is 1. The molecular formula is C14H14FNO3. The Morgan fingerprint density at radius 3 is 2.63 bits per heavy atom. The minimum absolute atomic E-state index is 0.258. The van der Waals surface area contributed by atoms with E-state index >= 15 is 0 Å². The number of halogens is 1. The zero-order valence-electron chi connectivity index (χ0n) is 10.4. The third-order valence-corrected chi connectivity index (χ3v) is 2.72.